The highest BCUT2D eigenvalue weighted by molar-refractivity contribution is 6.30. The number of fused-ring (bicyclic) bond motifs is 1. The summed E-state index contributed by atoms with van der Waals surface area (Å²) in [7, 11) is 1.85. The van der Waals surface area contributed by atoms with E-state index in [4.69, 9.17) is 16.3 Å². The zero-order valence-corrected chi connectivity index (χ0v) is 11.5. The van der Waals surface area contributed by atoms with E-state index in [9.17, 15) is 4.79 Å². The lowest BCUT2D eigenvalue weighted by molar-refractivity contribution is -0.138. The number of amides is 1. The van der Waals surface area contributed by atoms with Crippen LogP contribution < -0.4 is 4.74 Å². The standard InChI is InChI=1S/C13H16ClN3O2/c1-16-5-6-17-8-9(7-10(17)13(16)18)19-11-3-2-4-15-12(11)14/h2-4,9-10H,5-8H2,1H3/t9-,10-/m1/s1. The van der Waals surface area contributed by atoms with E-state index in [1.54, 1.807) is 23.2 Å². The van der Waals surface area contributed by atoms with Crippen molar-refractivity contribution < 1.29 is 9.53 Å². The SMILES string of the molecule is CN1CCN2C[C@H](Oc3cccnc3Cl)C[C@@H]2C1=O. The monoisotopic (exact) mass is 281 g/mol. The van der Waals surface area contributed by atoms with Gasteiger partial charge in [0.2, 0.25) is 5.91 Å². The van der Waals surface area contributed by atoms with Crippen molar-refractivity contribution in [2.24, 2.45) is 0 Å². The Morgan fingerprint density at radius 2 is 2.32 bits per heavy atom. The second-order valence-electron chi connectivity index (χ2n) is 5.04. The van der Waals surface area contributed by atoms with Gasteiger partial charge in [-0.05, 0) is 12.1 Å². The minimum atomic E-state index is -0.0424. The summed E-state index contributed by atoms with van der Waals surface area (Å²) in [5.74, 6) is 0.782. The van der Waals surface area contributed by atoms with Crippen LogP contribution in [0, 0.1) is 0 Å². The third-order valence-corrected chi connectivity index (χ3v) is 4.05. The summed E-state index contributed by atoms with van der Waals surface area (Å²) in [6, 6.07) is 3.56. The fraction of sp³-hybridized carbons (Fsp3) is 0.538. The van der Waals surface area contributed by atoms with E-state index < -0.39 is 0 Å². The Kier molecular flexibility index (Phi) is 3.33. The molecular weight excluding hydrogens is 266 g/mol. The maximum absolute atomic E-state index is 12.1. The van der Waals surface area contributed by atoms with Crippen LogP contribution in [0.15, 0.2) is 18.3 Å². The first-order chi connectivity index (χ1) is 9.15. The van der Waals surface area contributed by atoms with Crippen LogP contribution in [0.25, 0.3) is 0 Å². The molecule has 1 amide bonds. The molecule has 0 aromatic carbocycles. The second kappa shape index (κ2) is 4.98. The van der Waals surface area contributed by atoms with Crippen molar-refractivity contribution in [3.8, 4) is 5.75 Å². The van der Waals surface area contributed by atoms with Gasteiger partial charge in [0, 0.05) is 39.3 Å². The third kappa shape index (κ3) is 2.40. The van der Waals surface area contributed by atoms with Crippen LogP contribution in [0.3, 0.4) is 0 Å². The predicted molar refractivity (Wildman–Crippen MR) is 71.3 cm³/mol. The van der Waals surface area contributed by atoms with E-state index in [1.165, 1.54) is 0 Å². The van der Waals surface area contributed by atoms with Gasteiger partial charge < -0.3 is 9.64 Å². The molecule has 0 spiro atoms. The highest BCUT2D eigenvalue weighted by Gasteiger charge is 2.41. The summed E-state index contributed by atoms with van der Waals surface area (Å²) in [6.07, 6.45) is 2.35. The first-order valence-corrected chi connectivity index (χ1v) is 6.79. The molecule has 2 atom stereocenters. The van der Waals surface area contributed by atoms with Crippen molar-refractivity contribution in [1.82, 2.24) is 14.8 Å². The number of nitrogens with zero attached hydrogens (tertiary/aromatic N) is 3. The van der Waals surface area contributed by atoms with Gasteiger partial charge in [-0.1, -0.05) is 11.6 Å². The molecule has 2 fully saturated rings. The van der Waals surface area contributed by atoms with Gasteiger partial charge in [-0.25, -0.2) is 4.98 Å². The van der Waals surface area contributed by atoms with Gasteiger partial charge in [0.1, 0.15) is 6.10 Å². The lowest BCUT2D eigenvalue weighted by atomic mass is 10.1. The van der Waals surface area contributed by atoms with Crippen molar-refractivity contribution in [3.05, 3.63) is 23.5 Å². The molecule has 0 bridgehead atoms. The van der Waals surface area contributed by atoms with Gasteiger partial charge in [-0.3, -0.25) is 9.69 Å². The highest BCUT2D eigenvalue weighted by atomic mass is 35.5. The molecule has 19 heavy (non-hydrogen) atoms. The van der Waals surface area contributed by atoms with Gasteiger partial charge >= 0.3 is 0 Å². The predicted octanol–water partition coefficient (Wildman–Crippen LogP) is 1.03. The number of carbonyl (C=O) groups is 1. The zero-order chi connectivity index (χ0) is 13.4. The van der Waals surface area contributed by atoms with Crippen molar-refractivity contribution in [1.29, 1.82) is 0 Å². The quantitative estimate of drug-likeness (QED) is 0.760. The normalized spacial score (nSPS) is 27.5. The number of hydrogen-bond acceptors (Lipinski definition) is 4. The molecule has 6 heteroatoms. The van der Waals surface area contributed by atoms with Crippen LogP contribution in [0.1, 0.15) is 6.42 Å². The van der Waals surface area contributed by atoms with Gasteiger partial charge in [0.25, 0.3) is 0 Å². The maximum atomic E-state index is 12.1. The molecule has 2 aliphatic rings. The fourth-order valence-electron chi connectivity index (χ4n) is 2.73. The molecule has 2 aliphatic heterocycles. The largest absolute Gasteiger partial charge is 0.486 e. The van der Waals surface area contributed by atoms with Gasteiger partial charge in [-0.15, -0.1) is 0 Å². The van der Waals surface area contributed by atoms with Crippen LogP contribution in [0.4, 0.5) is 0 Å². The lowest BCUT2D eigenvalue weighted by Gasteiger charge is -2.34. The molecule has 5 nitrogen and oxygen atoms in total. The topological polar surface area (TPSA) is 45.7 Å². The minimum Gasteiger partial charge on any atom is -0.486 e. The summed E-state index contributed by atoms with van der Waals surface area (Å²) < 4.78 is 5.87. The molecule has 102 valence electrons. The number of piperazine rings is 1. The maximum Gasteiger partial charge on any atom is 0.239 e. The van der Waals surface area contributed by atoms with Crippen LogP contribution in [-0.2, 0) is 4.79 Å². The summed E-state index contributed by atoms with van der Waals surface area (Å²) >= 11 is 5.98. The van der Waals surface area contributed by atoms with E-state index in [0.29, 0.717) is 17.3 Å². The Hall–Kier alpha value is -1.33. The summed E-state index contributed by atoms with van der Waals surface area (Å²) in [6.45, 7) is 2.47. The number of rotatable bonds is 2. The van der Waals surface area contributed by atoms with Crippen molar-refractivity contribution in [3.63, 3.8) is 0 Å². The molecule has 0 N–H and O–H groups in total. The molecular formula is C13H16ClN3O2. The second-order valence-corrected chi connectivity index (χ2v) is 5.40. The molecule has 1 aromatic heterocycles. The number of hydrogen-bond donors (Lipinski definition) is 0. The van der Waals surface area contributed by atoms with Crippen LogP contribution in [0.5, 0.6) is 5.75 Å². The van der Waals surface area contributed by atoms with E-state index in [1.807, 2.05) is 7.05 Å². The number of likely N-dealkylation sites (N-methyl/N-ethyl adjacent to an activating group) is 1. The van der Waals surface area contributed by atoms with Gasteiger partial charge in [0.05, 0.1) is 6.04 Å². The van der Waals surface area contributed by atoms with E-state index in [-0.39, 0.29) is 18.1 Å². The Morgan fingerprint density at radius 3 is 3.11 bits per heavy atom. The molecule has 0 radical (unpaired) electrons. The first kappa shape index (κ1) is 12.7. The average Bonchev–Trinajstić information content (AvgIpc) is 2.80. The zero-order valence-electron chi connectivity index (χ0n) is 10.8. The number of pyridine rings is 1. The van der Waals surface area contributed by atoms with Crippen molar-refractivity contribution >= 4 is 17.5 Å². The van der Waals surface area contributed by atoms with Crippen LogP contribution in [0.2, 0.25) is 5.15 Å². The summed E-state index contributed by atoms with van der Waals surface area (Å²) in [4.78, 5) is 20.0. The molecule has 3 heterocycles. The fourth-order valence-corrected chi connectivity index (χ4v) is 2.90. The van der Waals surface area contributed by atoms with Crippen LogP contribution in [-0.4, -0.2) is 59.5 Å². The number of halogens is 1. The Labute approximate surface area is 117 Å². The Morgan fingerprint density at radius 1 is 1.47 bits per heavy atom. The third-order valence-electron chi connectivity index (χ3n) is 3.77. The summed E-state index contributed by atoms with van der Waals surface area (Å²) in [5, 5.41) is 0.371. The first-order valence-electron chi connectivity index (χ1n) is 6.41. The molecule has 0 unspecified atom stereocenters. The Balaban J connectivity index is 1.69. The highest BCUT2D eigenvalue weighted by Crippen LogP contribution is 2.28. The van der Waals surface area contributed by atoms with Crippen molar-refractivity contribution in [2.45, 2.75) is 18.6 Å². The van der Waals surface area contributed by atoms with Crippen LogP contribution >= 0.6 is 11.6 Å². The lowest BCUT2D eigenvalue weighted by Crippen LogP contribution is -2.52. The van der Waals surface area contributed by atoms with E-state index in [0.717, 1.165) is 19.6 Å². The molecule has 3 rings (SSSR count). The minimum absolute atomic E-state index is 0.00199. The van der Waals surface area contributed by atoms with Gasteiger partial charge in [0.15, 0.2) is 10.9 Å². The number of ether oxygens (including phenoxy) is 1. The van der Waals surface area contributed by atoms with E-state index >= 15 is 0 Å². The smallest absolute Gasteiger partial charge is 0.239 e. The molecule has 2 saturated heterocycles. The van der Waals surface area contributed by atoms with E-state index in [2.05, 4.69) is 9.88 Å². The Bertz CT molecular complexity index is 497. The molecule has 0 aliphatic carbocycles. The molecule has 0 saturated carbocycles. The van der Waals surface area contributed by atoms with Gasteiger partial charge in [-0.2, -0.15) is 0 Å². The molecule has 1 aromatic rings. The number of carbonyl (C=O) groups excluding carboxylic acids is 1. The van der Waals surface area contributed by atoms with Crippen molar-refractivity contribution in [2.75, 3.05) is 26.7 Å². The summed E-state index contributed by atoms with van der Waals surface area (Å²) in [5.41, 5.74) is 0. The number of aromatic nitrogens is 1. The average molecular weight is 282 g/mol.